The molecule has 4 heteroatoms. The second-order valence-electron chi connectivity index (χ2n) is 5.26. The molecule has 2 aliphatic heterocycles. The SMILES string of the molecule is O=C1CC(NC2CCCOC2)CN1C1CC1. The number of likely N-dealkylation sites (tertiary alicyclic amines) is 1. The van der Waals surface area contributed by atoms with E-state index in [-0.39, 0.29) is 0 Å². The maximum absolute atomic E-state index is 11.8. The average Bonchev–Trinajstić information content (AvgIpc) is 3.06. The van der Waals surface area contributed by atoms with Gasteiger partial charge in [-0.15, -0.1) is 0 Å². The van der Waals surface area contributed by atoms with Gasteiger partial charge in [-0.1, -0.05) is 0 Å². The fourth-order valence-corrected chi connectivity index (χ4v) is 2.79. The fourth-order valence-electron chi connectivity index (χ4n) is 2.79. The van der Waals surface area contributed by atoms with Crippen molar-refractivity contribution in [2.24, 2.45) is 0 Å². The molecular weight excluding hydrogens is 204 g/mol. The van der Waals surface area contributed by atoms with Crippen LogP contribution in [0.4, 0.5) is 0 Å². The number of nitrogens with one attached hydrogen (secondary N) is 1. The van der Waals surface area contributed by atoms with Crippen molar-refractivity contribution in [3.05, 3.63) is 0 Å². The quantitative estimate of drug-likeness (QED) is 0.760. The second-order valence-corrected chi connectivity index (χ2v) is 5.26. The molecule has 0 spiro atoms. The van der Waals surface area contributed by atoms with Crippen molar-refractivity contribution in [3.63, 3.8) is 0 Å². The largest absolute Gasteiger partial charge is 0.380 e. The number of carbonyl (C=O) groups is 1. The third-order valence-electron chi connectivity index (χ3n) is 3.78. The Morgan fingerprint density at radius 3 is 2.81 bits per heavy atom. The molecule has 16 heavy (non-hydrogen) atoms. The van der Waals surface area contributed by atoms with E-state index >= 15 is 0 Å². The smallest absolute Gasteiger partial charge is 0.224 e. The lowest BCUT2D eigenvalue weighted by Crippen LogP contribution is -2.44. The molecule has 0 radical (unpaired) electrons. The molecule has 2 saturated heterocycles. The van der Waals surface area contributed by atoms with Gasteiger partial charge in [0, 0.05) is 37.7 Å². The summed E-state index contributed by atoms with van der Waals surface area (Å²) >= 11 is 0. The minimum Gasteiger partial charge on any atom is -0.380 e. The van der Waals surface area contributed by atoms with Gasteiger partial charge in [-0.05, 0) is 25.7 Å². The van der Waals surface area contributed by atoms with Gasteiger partial charge in [0.2, 0.25) is 5.91 Å². The highest BCUT2D eigenvalue weighted by atomic mass is 16.5. The number of nitrogens with zero attached hydrogens (tertiary/aromatic N) is 1. The van der Waals surface area contributed by atoms with E-state index in [2.05, 4.69) is 10.2 Å². The van der Waals surface area contributed by atoms with Crippen molar-refractivity contribution in [3.8, 4) is 0 Å². The summed E-state index contributed by atoms with van der Waals surface area (Å²) < 4.78 is 5.44. The van der Waals surface area contributed by atoms with E-state index in [0.717, 1.165) is 26.2 Å². The molecule has 90 valence electrons. The molecular formula is C12H20N2O2. The minimum atomic E-state index is 0.344. The Morgan fingerprint density at radius 1 is 1.25 bits per heavy atom. The van der Waals surface area contributed by atoms with E-state index in [1.165, 1.54) is 19.3 Å². The molecule has 0 aromatic rings. The Hall–Kier alpha value is -0.610. The van der Waals surface area contributed by atoms with Crippen molar-refractivity contribution >= 4 is 5.91 Å². The van der Waals surface area contributed by atoms with E-state index in [4.69, 9.17) is 4.74 Å². The maximum atomic E-state index is 11.8. The monoisotopic (exact) mass is 224 g/mol. The average molecular weight is 224 g/mol. The van der Waals surface area contributed by atoms with Crippen LogP contribution < -0.4 is 5.32 Å². The van der Waals surface area contributed by atoms with Gasteiger partial charge in [-0.25, -0.2) is 0 Å². The van der Waals surface area contributed by atoms with Gasteiger partial charge in [0.05, 0.1) is 6.61 Å². The summed E-state index contributed by atoms with van der Waals surface area (Å²) in [5, 5.41) is 3.57. The fraction of sp³-hybridized carbons (Fsp3) is 0.917. The highest BCUT2D eigenvalue weighted by Crippen LogP contribution is 2.30. The number of hydrogen-bond donors (Lipinski definition) is 1. The molecule has 3 fully saturated rings. The van der Waals surface area contributed by atoms with Gasteiger partial charge >= 0.3 is 0 Å². The molecule has 2 atom stereocenters. The second kappa shape index (κ2) is 4.34. The number of hydrogen-bond acceptors (Lipinski definition) is 3. The zero-order valence-electron chi connectivity index (χ0n) is 9.65. The van der Waals surface area contributed by atoms with Crippen molar-refractivity contribution in [2.75, 3.05) is 19.8 Å². The molecule has 1 saturated carbocycles. The van der Waals surface area contributed by atoms with Crippen molar-refractivity contribution in [1.82, 2.24) is 10.2 Å². The van der Waals surface area contributed by atoms with Gasteiger partial charge < -0.3 is 15.0 Å². The lowest BCUT2D eigenvalue weighted by atomic mass is 10.1. The number of ether oxygens (including phenoxy) is 1. The van der Waals surface area contributed by atoms with Gasteiger partial charge in [-0.3, -0.25) is 4.79 Å². The third-order valence-corrected chi connectivity index (χ3v) is 3.78. The first-order valence-electron chi connectivity index (χ1n) is 6.46. The Bertz CT molecular complexity index is 272. The first-order chi connectivity index (χ1) is 7.83. The molecule has 1 N–H and O–H groups in total. The Kier molecular flexibility index (Phi) is 2.86. The third kappa shape index (κ3) is 2.23. The van der Waals surface area contributed by atoms with Crippen LogP contribution in [0.5, 0.6) is 0 Å². The van der Waals surface area contributed by atoms with Crippen LogP contribution in [0.1, 0.15) is 32.1 Å². The standard InChI is InChI=1S/C12H20N2O2/c15-12-6-10(7-14(12)11-3-4-11)13-9-2-1-5-16-8-9/h9-11,13H,1-8H2. The molecule has 3 aliphatic rings. The van der Waals surface area contributed by atoms with Crippen molar-refractivity contribution < 1.29 is 9.53 Å². The zero-order chi connectivity index (χ0) is 11.0. The van der Waals surface area contributed by atoms with E-state index in [0.29, 0.717) is 30.5 Å². The van der Waals surface area contributed by atoms with E-state index in [1.807, 2.05) is 0 Å². The Labute approximate surface area is 96.3 Å². The van der Waals surface area contributed by atoms with Crippen LogP contribution >= 0.6 is 0 Å². The molecule has 4 nitrogen and oxygen atoms in total. The maximum Gasteiger partial charge on any atom is 0.224 e. The van der Waals surface area contributed by atoms with E-state index in [1.54, 1.807) is 0 Å². The molecule has 2 unspecified atom stereocenters. The zero-order valence-corrected chi connectivity index (χ0v) is 9.65. The molecule has 0 aromatic carbocycles. The predicted octanol–water partition coefficient (Wildman–Crippen LogP) is 0.518. The van der Waals surface area contributed by atoms with Crippen LogP contribution in [0.3, 0.4) is 0 Å². The topological polar surface area (TPSA) is 41.6 Å². The Morgan fingerprint density at radius 2 is 2.12 bits per heavy atom. The summed E-state index contributed by atoms with van der Waals surface area (Å²) in [5.74, 6) is 0.344. The molecule has 0 aromatic heterocycles. The predicted molar refractivity (Wildman–Crippen MR) is 60.1 cm³/mol. The first-order valence-corrected chi connectivity index (χ1v) is 6.46. The van der Waals surface area contributed by atoms with Gasteiger partial charge in [0.25, 0.3) is 0 Å². The summed E-state index contributed by atoms with van der Waals surface area (Å²) in [6.07, 6.45) is 5.45. The highest BCUT2D eigenvalue weighted by molar-refractivity contribution is 5.80. The van der Waals surface area contributed by atoms with Gasteiger partial charge in [0.1, 0.15) is 0 Å². The van der Waals surface area contributed by atoms with Gasteiger partial charge in [-0.2, -0.15) is 0 Å². The Balaban J connectivity index is 1.50. The first kappa shape index (κ1) is 10.5. The lowest BCUT2D eigenvalue weighted by molar-refractivity contribution is -0.128. The summed E-state index contributed by atoms with van der Waals surface area (Å²) in [6.45, 7) is 2.63. The summed E-state index contributed by atoms with van der Waals surface area (Å²) in [7, 11) is 0. The summed E-state index contributed by atoms with van der Waals surface area (Å²) in [6, 6.07) is 1.40. The van der Waals surface area contributed by atoms with Gasteiger partial charge in [0.15, 0.2) is 0 Å². The van der Waals surface area contributed by atoms with Crippen LogP contribution in [0.15, 0.2) is 0 Å². The summed E-state index contributed by atoms with van der Waals surface area (Å²) in [4.78, 5) is 13.8. The summed E-state index contributed by atoms with van der Waals surface area (Å²) in [5.41, 5.74) is 0. The molecule has 1 amide bonds. The molecule has 1 aliphatic carbocycles. The number of carbonyl (C=O) groups excluding carboxylic acids is 1. The van der Waals surface area contributed by atoms with Crippen LogP contribution in [-0.4, -0.2) is 48.7 Å². The number of amides is 1. The minimum absolute atomic E-state index is 0.344. The number of rotatable bonds is 3. The normalized spacial score (nSPS) is 35.8. The highest BCUT2D eigenvalue weighted by Gasteiger charge is 2.39. The molecule has 0 bridgehead atoms. The van der Waals surface area contributed by atoms with E-state index in [9.17, 15) is 4.79 Å². The van der Waals surface area contributed by atoms with Crippen LogP contribution in [0.2, 0.25) is 0 Å². The van der Waals surface area contributed by atoms with Crippen LogP contribution in [0, 0.1) is 0 Å². The molecule has 3 rings (SSSR count). The van der Waals surface area contributed by atoms with Crippen LogP contribution in [-0.2, 0) is 9.53 Å². The van der Waals surface area contributed by atoms with Crippen molar-refractivity contribution in [2.45, 2.75) is 50.2 Å². The van der Waals surface area contributed by atoms with Crippen molar-refractivity contribution in [1.29, 1.82) is 0 Å². The molecule has 2 heterocycles. The van der Waals surface area contributed by atoms with Crippen LogP contribution in [0.25, 0.3) is 0 Å². The lowest BCUT2D eigenvalue weighted by Gasteiger charge is -2.26. The van der Waals surface area contributed by atoms with E-state index < -0.39 is 0 Å².